The summed E-state index contributed by atoms with van der Waals surface area (Å²) in [6, 6.07) is 7.90. The summed E-state index contributed by atoms with van der Waals surface area (Å²) in [5, 5.41) is 3.24. The van der Waals surface area contributed by atoms with E-state index >= 15 is 0 Å². The number of benzene rings is 1. The maximum absolute atomic E-state index is 13.3. The van der Waals surface area contributed by atoms with Crippen LogP contribution in [0.5, 0.6) is 0 Å². The molecular formula is C24H36N6O4. The van der Waals surface area contributed by atoms with E-state index in [1.807, 2.05) is 38.1 Å². The molecule has 0 saturated carbocycles. The number of nitrogen functional groups attached to an aromatic ring is 1. The van der Waals surface area contributed by atoms with Crippen molar-refractivity contribution in [3.05, 3.63) is 45.1 Å². The van der Waals surface area contributed by atoms with Gasteiger partial charge in [-0.3, -0.25) is 19.1 Å². The normalized spacial score (nSPS) is 13.8. The van der Waals surface area contributed by atoms with Gasteiger partial charge in [0.2, 0.25) is 5.91 Å². The van der Waals surface area contributed by atoms with Gasteiger partial charge in [-0.2, -0.15) is 0 Å². The van der Waals surface area contributed by atoms with Gasteiger partial charge in [0.1, 0.15) is 5.82 Å². The molecule has 1 aliphatic heterocycles. The zero-order chi connectivity index (χ0) is 24.7. The molecule has 1 saturated heterocycles. The molecule has 0 atom stereocenters. The number of methoxy groups -OCH3 is 1. The minimum absolute atomic E-state index is 0.0272. The molecule has 0 spiro atoms. The Morgan fingerprint density at radius 2 is 1.91 bits per heavy atom. The highest BCUT2D eigenvalue weighted by Crippen LogP contribution is 2.28. The molecule has 4 N–H and O–H groups in total. The zero-order valence-corrected chi connectivity index (χ0v) is 20.3. The van der Waals surface area contributed by atoms with Gasteiger partial charge in [-0.15, -0.1) is 0 Å². The van der Waals surface area contributed by atoms with E-state index in [4.69, 9.17) is 10.5 Å². The Hall–Kier alpha value is -3.27. The number of hydrogen-bond donors (Lipinski definition) is 3. The molecule has 0 radical (unpaired) electrons. The number of carbonyl (C=O) groups is 1. The number of ether oxygens (including phenoxy) is 1. The van der Waals surface area contributed by atoms with E-state index in [1.54, 1.807) is 0 Å². The van der Waals surface area contributed by atoms with Crippen LogP contribution in [0.4, 0.5) is 22.9 Å². The average Bonchev–Trinajstić information content (AvgIpc) is 2.82. The van der Waals surface area contributed by atoms with Gasteiger partial charge in [-0.05, 0) is 37.3 Å². The fourth-order valence-corrected chi connectivity index (χ4v) is 4.23. The third kappa shape index (κ3) is 5.99. The maximum atomic E-state index is 13.3. The van der Waals surface area contributed by atoms with Gasteiger partial charge in [0.05, 0.1) is 24.5 Å². The van der Waals surface area contributed by atoms with Gasteiger partial charge in [-0.1, -0.05) is 26.0 Å². The van der Waals surface area contributed by atoms with Crippen LogP contribution >= 0.6 is 0 Å². The predicted molar refractivity (Wildman–Crippen MR) is 136 cm³/mol. The predicted octanol–water partition coefficient (Wildman–Crippen LogP) is 1.86. The summed E-state index contributed by atoms with van der Waals surface area (Å²) in [5.74, 6) is -0.257. The number of aromatic nitrogens is 2. The third-order valence-electron chi connectivity index (χ3n) is 5.88. The van der Waals surface area contributed by atoms with Crippen LogP contribution in [0.2, 0.25) is 0 Å². The monoisotopic (exact) mass is 472 g/mol. The SMILES string of the molecule is COCCN(C(=O)CNc1ccccc1N1CCCCC1)c1c(N)n(CC(C)C)c(=O)[nH]c1=O. The summed E-state index contributed by atoms with van der Waals surface area (Å²) in [7, 11) is 1.52. The molecular weight excluding hydrogens is 436 g/mol. The van der Waals surface area contributed by atoms with Crippen molar-refractivity contribution in [2.75, 3.05) is 60.7 Å². The Kier molecular flexibility index (Phi) is 8.75. The molecule has 34 heavy (non-hydrogen) atoms. The molecule has 0 aliphatic carbocycles. The van der Waals surface area contributed by atoms with Crippen LogP contribution in [0, 0.1) is 5.92 Å². The Balaban J connectivity index is 1.87. The number of rotatable bonds is 10. The van der Waals surface area contributed by atoms with Crippen LogP contribution in [0.15, 0.2) is 33.9 Å². The molecule has 1 aliphatic rings. The molecule has 10 nitrogen and oxygen atoms in total. The van der Waals surface area contributed by atoms with Crippen molar-refractivity contribution in [2.24, 2.45) is 5.92 Å². The summed E-state index contributed by atoms with van der Waals surface area (Å²) < 4.78 is 6.46. The lowest BCUT2D eigenvalue weighted by Gasteiger charge is -2.31. The summed E-state index contributed by atoms with van der Waals surface area (Å²) in [6.07, 6.45) is 3.52. The van der Waals surface area contributed by atoms with Crippen LogP contribution in [0.3, 0.4) is 0 Å². The Morgan fingerprint density at radius 1 is 1.21 bits per heavy atom. The summed E-state index contributed by atoms with van der Waals surface area (Å²) in [4.78, 5) is 44.3. The molecule has 1 aromatic carbocycles. The van der Waals surface area contributed by atoms with Crippen LogP contribution in [0.25, 0.3) is 0 Å². The number of amides is 1. The molecule has 10 heteroatoms. The van der Waals surface area contributed by atoms with E-state index in [0.717, 1.165) is 37.3 Å². The van der Waals surface area contributed by atoms with Gasteiger partial charge in [-0.25, -0.2) is 4.79 Å². The number of hydrogen-bond acceptors (Lipinski definition) is 7. The van der Waals surface area contributed by atoms with Gasteiger partial charge in [0.25, 0.3) is 5.56 Å². The molecule has 2 aromatic rings. The largest absolute Gasteiger partial charge is 0.383 e. The van der Waals surface area contributed by atoms with E-state index in [9.17, 15) is 14.4 Å². The number of aromatic amines is 1. The highest BCUT2D eigenvalue weighted by molar-refractivity contribution is 5.98. The van der Waals surface area contributed by atoms with Crippen molar-refractivity contribution in [3.8, 4) is 0 Å². The van der Waals surface area contributed by atoms with Crippen molar-refractivity contribution in [1.29, 1.82) is 0 Å². The van der Waals surface area contributed by atoms with Gasteiger partial charge < -0.3 is 25.6 Å². The topological polar surface area (TPSA) is 126 Å². The minimum Gasteiger partial charge on any atom is -0.383 e. The quantitative estimate of drug-likeness (QED) is 0.482. The molecule has 3 rings (SSSR count). The number of H-pyrrole nitrogens is 1. The fraction of sp³-hybridized carbons (Fsp3) is 0.542. The number of piperidine rings is 1. The number of nitrogens with two attached hydrogens (primary N) is 1. The number of anilines is 4. The van der Waals surface area contributed by atoms with Gasteiger partial charge >= 0.3 is 5.69 Å². The molecule has 1 fully saturated rings. The van der Waals surface area contributed by atoms with Crippen molar-refractivity contribution in [3.63, 3.8) is 0 Å². The lowest BCUT2D eigenvalue weighted by Crippen LogP contribution is -2.44. The van der Waals surface area contributed by atoms with E-state index in [0.29, 0.717) is 6.54 Å². The first-order chi connectivity index (χ1) is 16.3. The van der Waals surface area contributed by atoms with Crippen molar-refractivity contribution in [1.82, 2.24) is 9.55 Å². The van der Waals surface area contributed by atoms with E-state index in [2.05, 4.69) is 15.2 Å². The lowest BCUT2D eigenvalue weighted by molar-refractivity contribution is -0.117. The Labute approximate surface area is 199 Å². The second-order valence-electron chi connectivity index (χ2n) is 8.95. The average molecular weight is 473 g/mol. The Morgan fingerprint density at radius 3 is 2.59 bits per heavy atom. The number of para-hydroxylation sites is 2. The molecule has 1 amide bonds. The highest BCUT2D eigenvalue weighted by Gasteiger charge is 2.25. The molecule has 0 bridgehead atoms. The smallest absolute Gasteiger partial charge is 0.330 e. The van der Waals surface area contributed by atoms with E-state index in [-0.39, 0.29) is 43.0 Å². The lowest BCUT2D eigenvalue weighted by atomic mass is 10.1. The van der Waals surface area contributed by atoms with E-state index < -0.39 is 11.2 Å². The number of nitrogens with zero attached hydrogens (tertiary/aromatic N) is 3. The third-order valence-corrected chi connectivity index (χ3v) is 5.88. The second kappa shape index (κ2) is 11.7. The Bertz CT molecular complexity index is 1090. The number of nitrogens with one attached hydrogen (secondary N) is 2. The van der Waals surface area contributed by atoms with Crippen LogP contribution in [0.1, 0.15) is 33.1 Å². The zero-order valence-electron chi connectivity index (χ0n) is 20.3. The standard InChI is InChI=1S/C24H36N6O4/c1-17(2)16-30-22(25)21(23(32)27-24(30)33)29(13-14-34-3)20(31)15-26-18-9-5-6-10-19(18)28-11-7-4-8-12-28/h5-6,9-10,17,26H,4,7-8,11-16,25H2,1-3H3,(H,27,32,33). The minimum atomic E-state index is -0.694. The van der Waals surface area contributed by atoms with Gasteiger partial charge in [0.15, 0.2) is 5.69 Å². The summed E-state index contributed by atoms with van der Waals surface area (Å²) >= 11 is 0. The fourth-order valence-electron chi connectivity index (χ4n) is 4.23. The first kappa shape index (κ1) is 25.4. The van der Waals surface area contributed by atoms with Crippen LogP contribution in [-0.2, 0) is 16.1 Å². The highest BCUT2D eigenvalue weighted by atomic mass is 16.5. The molecule has 1 aromatic heterocycles. The summed E-state index contributed by atoms with van der Waals surface area (Å²) in [5.41, 5.74) is 6.85. The van der Waals surface area contributed by atoms with Gasteiger partial charge in [0, 0.05) is 33.3 Å². The first-order valence-corrected chi connectivity index (χ1v) is 11.8. The number of carbonyl (C=O) groups excluding carboxylic acids is 1. The van der Waals surface area contributed by atoms with E-state index in [1.165, 1.54) is 23.0 Å². The van der Waals surface area contributed by atoms with Crippen molar-refractivity contribution >= 4 is 28.8 Å². The first-order valence-electron chi connectivity index (χ1n) is 11.8. The molecule has 186 valence electrons. The van der Waals surface area contributed by atoms with Crippen molar-refractivity contribution in [2.45, 2.75) is 39.7 Å². The summed E-state index contributed by atoms with van der Waals surface area (Å²) in [6.45, 7) is 6.45. The molecule has 0 unspecified atom stereocenters. The second-order valence-corrected chi connectivity index (χ2v) is 8.95. The maximum Gasteiger partial charge on any atom is 0.330 e. The molecule has 2 heterocycles. The van der Waals surface area contributed by atoms with Crippen molar-refractivity contribution < 1.29 is 9.53 Å². The van der Waals surface area contributed by atoms with Crippen LogP contribution < -0.4 is 32.1 Å². The van der Waals surface area contributed by atoms with Crippen LogP contribution in [-0.4, -0.2) is 55.4 Å².